The summed E-state index contributed by atoms with van der Waals surface area (Å²) in [4.78, 5) is 51.5. The number of aromatic nitrogens is 2. The molecule has 0 spiro atoms. The third-order valence-electron chi connectivity index (χ3n) is 8.41. The summed E-state index contributed by atoms with van der Waals surface area (Å²) in [6, 6.07) is 4.07. The number of aryl methyl sites for hydroxylation is 1. The van der Waals surface area contributed by atoms with E-state index < -0.39 is 11.9 Å². The minimum atomic E-state index is -4.71. The second-order valence-corrected chi connectivity index (χ2v) is 12.6. The highest BCUT2D eigenvalue weighted by Gasteiger charge is 2.72. The van der Waals surface area contributed by atoms with Gasteiger partial charge in [-0.1, -0.05) is 13.8 Å². The van der Waals surface area contributed by atoms with E-state index in [1.165, 1.54) is 29.4 Å². The zero-order valence-electron chi connectivity index (χ0n) is 22.4. The molecule has 3 aromatic heterocycles. The molecule has 3 amide bonds. The van der Waals surface area contributed by atoms with Crippen LogP contribution in [0.4, 0.5) is 13.2 Å². The first-order valence-electron chi connectivity index (χ1n) is 13.1. The Kier molecular flexibility index (Phi) is 6.08. The number of piperidine rings is 1. The summed E-state index contributed by atoms with van der Waals surface area (Å²) < 4.78 is 42.2. The number of piperazine rings is 1. The van der Waals surface area contributed by atoms with E-state index in [0.717, 1.165) is 6.07 Å². The van der Waals surface area contributed by atoms with Crippen LogP contribution in [0, 0.1) is 24.2 Å². The summed E-state index contributed by atoms with van der Waals surface area (Å²) in [5.41, 5.74) is -0.307. The van der Waals surface area contributed by atoms with Gasteiger partial charge in [0.05, 0.1) is 39.9 Å². The molecule has 1 N–H and O–H groups in total. The molecule has 8 nitrogen and oxygen atoms in total. The van der Waals surface area contributed by atoms with Gasteiger partial charge in [-0.05, 0) is 43.0 Å². The first kappa shape index (κ1) is 26.8. The van der Waals surface area contributed by atoms with Crippen molar-refractivity contribution in [2.45, 2.75) is 46.5 Å². The highest BCUT2D eigenvalue weighted by Crippen LogP contribution is 2.63. The van der Waals surface area contributed by atoms with Crippen LogP contribution in [0.3, 0.4) is 0 Å². The molecule has 0 radical (unpaired) electrons. The van der Waals surface area contributed by atoms with E-state index in [1.54, 1.807) is 17.0 Å². The van der Waals surface area contributed by atoms with Crippen molar-refractivity contribution in [3.8, 4) is 11.3 Å². The molecule has 3 aromatic rings. The number of nitrogens with zero attached hydrogens (tertiary/aromatic N) is 4. The average Bonchev–Trinajstić information content (AvgIpc) is 3.13. The molecule has 2 saturated heterocycles. The molecule has 40 heavy (non-hydrogen) atoms. The lowest BCUT2D eigenvalue weighted by molar-refractivity contribution is -0.144. The number of thiophene rings is 1. The fourth-order valence-electron chi connectivity index (χ4n) is 6.14. The molecule has 12 heteroatoms. The number of hydrogen-bond acceptors (Lipinski definition) is 7. The molecule has 3 aliphatic rings. The fourth-order valence-corrected chi connectivity index (χ4v) is 7.25. The van der Waals surface area contributed by atoms with Crippen molar-refractivity contribution in [3.05, 3.63) is 46.1 Å². The Bertz CT molecular complexity index is 1560. The van der Waals surface area contributed by atoms with Crippen LogP contribution >= 0.6 is 11.3 Å². The van der Waals surface area contributed by atoms with Gasteiger partial charge in [0.2, 0.25) is 11.8 Å². The standard InChI is InChI=1S/C28H28F3N5O3S/c1-13-9-18(28(29,30)31)34-22(19(13)24(37)35-8-7-32-11-14(35)2)16-5-6-33-17-10-15(40-23(16)17)12-36-25(38)20-21(26(36)39)27(20,3)4/h5-6,9-10,14,20-21,32H,7-8,11-12H2,1-4H3. The Labute approximate surface area is 232 Å². The van der Waals surface area contributed by atoms with Crippen molar-refractivity contribution < 1.29 is 27.6 Å². The van der Waals surface area contributed by atoms with Gasteiger partial charge in [-0.2, -0.15) is 13.2 Å². The van der Waals surface area contributed by atoms with Crippen molar-refractivity contribution in [1.82, 2.24) is 25.1 Å². The Balaban J connectivity index is 1.44. The van der Waals surface area contributed by atoms with Crippen molar-refractivity contribution in [2.75, 3.05) is 19.6 Å². The van der Waals surface area contributed by atoms with Gasteiger partial charge in [-0.15, -0.1) is 11.3 Å². The van der Waals surface area contributed by atoms with Gasteiger partial charge in [0, 0.05) is 42.3 Å². The molecule has 5 heterocycles. The predicted octanol–water partition coefficient (Wildman–Crippen LogP) is 4.26. The number of likely N-dealkylation sites (tertiary alicyclic amines) is 1. The fraction of sp³-hybridized carbons (Fsp3) is 0.464. The number of amides is 3. The van der Waals surface area contributed by atoms with E-state index in [1.807, 2.05) is 20.8 Å². The number of rotatable bonds is 4. The van der Waals surface area contributed by atoms with Crippen LogP contribution in [-0.4, -0.2) is 63.2 Å². The van der Waals surface area contributed by atoms with Crippen molar-refractivity contribution in [1.29, 1.82) is 0 Å². The molecule has 210 valence electrons. The molecular formula is C28H28F3N5O3S. The van der Waals surface area contributed by atoms with E-state index in [2.05, 4.69) is 15.3 Å². The van der Waals surface area contributed by atoms with Gasteiger partial charge in [0.1, 0.15) is 5.69 Å². The Morgan fingerprint density at radius 1 is 1.20 bits per heavy atom. The molecule has 0 aromatic carbocycles. The van der Waals surface area contributed by atoms with Crippen LogP contribution in [-0.2, 0) is 22.3 Å². The minimum Gasteiger partial charge on any atom is -0.333 e. The summed E-state index contributed by atoms with van der Waals surface area (Å²) in [7, 11) is 0. The van der Waals surface area contributed by atoms with Crippen molar-refractivity contribution >= 4 is 39.3 Å². The molecule has 1 saturated carbocycles. The Morgan fingerprint density at radius 3 is 2.55 bits per heavy atom. The van der Waals surface area contributed by atoms with Crippen LogP contribution in [0.5, 0.6) is 0 Å². The molecule has 2 aliphatic heterocycles. The quantitative estimate of drug-likeness (QED) is 0.471. The maximum absolute atomic E-state index is 13.9. The maximum atomic E-state index is 13.9. The molecule has 3 atom stereocenters. The van der Waals surface area contributed by atoms with Gasteiger partial charge < -0.3 is 10.2 Å². The minimum absolute atomic E-state index is 0.0554. The van der Waals surface area contributed by atoms with Gasteiger partial charge >= 0.3 is 6.18 Å². The van der Waals surface area contributed by atoms with Crippen molar-refractivity contribution in [3.63, 3.8) is 0 Å². The number of carbonyl (C=O) groups is 3. The highest BCUT2D eigenvalue weighted by atomic mass is 32.1. The monoisotopic (exact) mass is 571 g/mol. The lowest BCUT2D eigenvalue weighted by Gasteiger charge is -2.34. The number of hydrogen-bond donors (Lipinski definition) is 1. The smallest absolute Gasteiger partial charge is 0.333 e. The molecular weight excluding hydrogens is 543 g/mol. The molecule has 0 bridgehead atoms. The van der Waals surface area contributed by atoms with Crippen molar-refractivity contribution in [2.24, 2.45) is 17.3 Å². The number of alkyl halides is 3. The van der Waals surface area contributed by atoms with E-state index in [0.29, 0.717) is 40.3 Å². The van der Waals surface area contributed by atoms with E-state index in [-0.39, 0.29) is 64.4 Å². The maximum Gasteiger partial charge on any atom is 0.433 e. The van der Waals surface area contributed by atoms with Gasteiger partial charge in [0.15, 0.2) is 0 Å². The second-order valence-electron chi connectivity index (χ2n) is 11.4. The summed E-state index contributed by atoms with van der Waals surface area (Å²) >= 11 is 1.24. The molecule has 6 rings (SSSR count). The first-order chi connectivity index (χ1) is 18.8. The van der Waals surface area contributed by atoms with E-state index in [4.69, 9.17) is 0 Å². The van der Waals surface area contributed by atoms with E-state index in [9.17, 15) is 27.6 Å². The topological polar surface area (TPSA) is 95.5 Å². The number of halogens is 3. The lowest BCUT2D eigenvalue weighted by atomic mass is 9.98. The largest absolute Gasteiger partial charge is 0.433 e. The summed E-state index contributed by atoms with van der Waals surface area (Å²) in [6.07, 6.45) is -3.24. The summed E-state index contributed by atoms with van der Waals surface area (Å²) in [5, 5.41) is 3.22. The van der Waals surface area contributed by atoms with Crippen LogP contribution in [0.2, 0.25) is 0 Å². The zero-order valence-corrected chi connectivity index (χ0v) is 23.2. The van der Waals surface area contributed by atoms with Crippen LogP contribution in [0.25, 0.3) is 21.5 Å². The average molecular weight is 572 g/mol. The Morgan fingerprint density at radius 2 is 1.90 bits per heavy atom. The van der Waals surface area contributed by atoms with Crippen LogP contribution < -0.4 is 5.32 Å². The molecule has 3 fully saturated rings. The van der Waals surface area contributed by atoms with Gasteiger partial charge in [-0.25, -0.2) is 4.98 Å². The predicted molar refractivity (Wildman–Crippen MR) is 142 cm³/mol. The highest BCUT2D eigenvalue weighted by molar-refractivity contribution is 7.19. The van der Waals surface area contributed by atoms with Crippen LogP contribution in [0.15, 0.2) is 24.4 Å². The third kappa shape index (κ3) is 4.11. The molecule has 3 unspecified atom stereocenters. The van der Waals surface area contributed by atoms with Gasteiger partial charge in [-0.3, -0.25) is 24.3 Å². The summed E-state index contributed by atoms with van der Waals surface area (Å²) in [5.74, 6) is -1.38. The van der Waals surface area contributed by atoms with E-state index >= 15 is 0 Å². The number of nitrogens with one attached hydrogen (secondary N) is 1. The normalized spacial score (nSPS) is 24.1. The summed E-state index contributed by atoms with van der Waals surface area (Å²) in [6.45, 7) is 8.86. The van der Waals surface area contributed by atoms with Crippen LogP contribution in [0.1, 0.15) is 47.3 Å². The number of fused-ring (bicyclic) bond motifs is 2. The second kappa shape index (κ2) is 9.07. The number of imide groups is 1. The zero-order chi connectivity index (χ0) is 28.7. The number of pyridine rings is 2. The third-order valence-corrected chi connectivity index (χ3v) is 9.55. The number of carbonyl (C=O) groups excluding carboxylic acids is 3. The Hall–Kier alpha value is -3.38. The SMILES string of the molecule is Cc1cc(C(F)(F)F)nc(-c2ccnc3cc(CN4C(=O)C5C(C4=O)C5(C)C)sc23)c1C(=O)N1CCNCC1C. The first-order valence-corrected chi connectivity index (χ1v) is 14.0. The van der Waals surface area contributed by atoms with Gasteiger partial charge in [0.25, 0.3) is 5.91 Å². The lowest BCUT2D eigenvalue weighted by Crippen LogP contribution is -2.52. The molecule has 1 aliphatic carbocycles.